The van der Waals surface area contributed by atoms with Crippen LogP contribution in [0.5, 0.6) is 0 Å². The predicted octanol–water partition coefficient (Wildman–Crippen LogP) is -0.750. The molecule has 0 aliphatic carbocycles. The maximum absolute atomic E-state index is 11.0. The van der Waals surface area contributed by atoms with Crippen LogP contribution in [-0.4, -0.2) is 38.0 Å². The number of carbonyl (C=O) groups is 1. The first-order valence-electron chi connectivity index (χ1n) is 5.53. The Morgan fingerprint density at radius 2 is 2.17 bits per heavy atom. The summed E-state index contributed by atoms with van der Waals surface area (Å²) in [6.07, 6.45) is 0. The normalized spacial score (nSPS) is 10.4. The highest BCUT2D eigenvalue weighted by Gasteiger charge is 2.16. The molecule has 0 unspecified atom stereocenters. The van der Waals surface area contributed by atoms with Gasteiger partial charge in [0.2, 0.25) is 5.91 Å². The minimum atomic E-state index is -0.678. The van der Waals surface area contributed by atoms with Gasteiger partial charge < -0.3 is 16.0 Å². The van der Waals surface area contributed by atoms with Gasteiger partial charge in [-0.15, -0.1) is 0 Å². The van der Waals surface area contributed by atoms with Crippen molar-refractivity contribution in [1.82, 2.24) is 0 Å². The van der Waals surface area contributed by atoms with Gasteiger partial charge in [-0.25, -0.2) is 0 Å². The van der Waals surface area contributed by atoms with E-state index in [9.17, 15) is 14.9 Å². The highest BCUT2D eigenvalue weighted by Crippen LogP contribution is 2.25. The number of nitro benzene ring substituents is 1. The molecule has 0 fully saturated rings. The molecule has 1 rings (SSSR count). The van der Waals surface area contributed by atoms with E-state index in [1.165, 1.54) is 23.1 Å². The number of hydrogen-bond acceptors (Lipinski definition) is 4. The molecule has 1 aromatic rings. The fourth-order valence-corrected chi connectivity index (χ4v) is 1.43. The molecule has 0 saturated carbocycles. The van der Waals surface area contributed by atoms with E-state index in [1.54, 1.807) is 0 Å². The second-order valence-corrected chi connectivity index (χ2v) is 4.24. The standard InChI is InChI=1S/C11H16N4O3/c1-14(2)6-5-13-9-4-3-8(11(12)16)7-10(9)15(17)18/h3-4,7,13H,5-6H2,1-2H3,(H2,12,16)/p+1. The average Bonchev–Trinajstić information content (AvgIpc) is 2.28. The Labute approximate surface area is 105 Å². The topological polar surface area (TPSA) is 103 Å². The summed E-state index contributed by atoms with van der Waals surface area (Å²) < 4.78 is 0. The summed E-state index contributed by atoms with van der Waals surface area (Å²) in [4.78, 5) is 22.6. The van der Waals surface area contributed by atoms with Crippen LogP contribution in [0, 0.1) is 10.1 Å². The third-order valence-corrected chi connectivity index (χ3v) is 2.42. The number of amides is 1. The summed E-state index contributed by atoms with van der Waals surface area (Å²) >= 11 is 0. The molecule has 7 nitrogen and oxygen atoms in total. The summed E-state index contributed by atoms with van der Waals surface area (Å²) in [5.41, 5.74) is 5.47. The fourth-order valence-electron chi connectivity index (χ4n) is 1.43. The lowest BCUT2D eigenvalue weighted by molar-refractivity contribution is -0.856. The number of carbonyl (C=O) groups excluding carboxylic acids is 1. The molecule has 0 aliphatic heterocycles. The van der Waals surface area contributed by atoms with Crippen LogP contribution in [0.4, 0.5) is 11.4 Å². The lowest BCUT2D eigenvalue weighted by Crippen LogP contribution is -3.06. The number of anilines is 1. The van der Waals surface area contributed by atoms with Crippen molar-refractivity contribution in [2.45, 2.75) is 0 Å². The largest absolute Gasteiger partial charge is 0.374 e. The summed E-state index contributed by atoms with van der Waals surface area (Å²) in [5, 5.41) is 13.9. The first-order chi connectivity index (χ1) is 8.41. The maximum Gasteiger partial charge on any atom is 0.293 e. The second kappa shape index (κ2) is 5.97. The first-order valence-corrected chi connectivity index (χ1v) is 5.53. The van der Waals surface area contributed by atoms with Crippen molar-refractivity contribution >= 4 is 17.3 Å². The third kappa shape index (κ3) is 3.70. The number of nitrogens with two attached hydrogens (primary N) is 1. The van der Waals surface area contributed by atoms with Crippen LogP contribution in [0.25, 0.3) is 0 Å². The molecule has 0 atom stereocenters. The van der Waals surface area contributed by atoms with Crippen molar-refractivity contribution in [1.29, 1.82) is 0 Å². The molecule has 1 aromatic carbocycles. The van der Waals surface area contributed by atoms with Gasteiger partial charge in [-0.1, -0.05) is 0 Å². The molecular weight excluding hydrogens is 236 g/mol. The monoisotopic (exact) mass is 253 g/mol. The van der Waals surface area contributed by atoms with Gasteiger partial charge in [0.15, 0.2) is 0 Å². The van der Waals surface area contributed by atoms with E-state index in [0.717, 1.165) is 6.54 Å². The van der Waals surface area contributed by atoms with E-state index >= 15 is 0 Å². The second-order valence-electron chi connectivity index (χ2n) is 4.24. The Kier molecular flexibility index (Phi) is 4.61. The third-order valence-electron chi connectivity index (χ3n) is 2.42. The zero-order valence-electron chi connectivity index (χ0n) is 10.4. The smallest absolute Gasteiger partial charge is 0.293 e. The Bertz CT molecular complexity index is 460. The molecule has 7 heteroatoms. The van der Waals surface area contributed by atoms with Crippen molar-refractivity contribution in [3.8, 4) is 0 Å². The molecule has 98 valence electrons. The van der Waals surface area contributed by atoms with Crippen LogP contribution in [0.1, 0.15) is 10.4 Å². The number of primary amides is 1. The number of quaternary nitrogens is 1. The van der Waals surface area contributed by atoms with Gasteiger partial charge in [0.25, 0.3) is 5.69 Å². The van der Waals surface area contributed by atoms with E-state index < -0.39 is 10.8 Å². The number of rotatable bonds is 6. The molecule has 1 amide bonds. The van der Waals surface area contributed by atoms with Gasteiger partial charge in [0, 0.05) is 11.6 Å². The highest BCUT2D eigenvalue weighted by molar-refractivity contribution is 5.94. The zero-order chi connectivity index (χ0) is 13.7. The van der Waals surface area contributed by atoms with E-state index in [1.807, 2.05) is 14.1 Å². The van der Waals surface area contributed by atoms with Crippen molar-refractivity contribution in [3.63, 3.8) is 0 Å². The Morgan fingerprint density at radius 3 is 2.67 bits per heavy atom. The van der Waals surface area contributed by atoms with Gasteiger partial charge in [-0.2, -0.15) is 0 Å². The lowest BCUT2D eigenvalue weighted by atomic mass is 10.1. The molecule has 18 heavy (non-hydrogen) atoms. The quantitative estimate of drug-likeness (QED) is 0.458. The summed E-state index contributed by atoms with van der Waals surface area (Å²) in [6.45, 7) is 1.44. The number of benzene rings is 1. The SMILES string of the molecule is C[NH+](C)CCNc1ccc(C(N)=O)cc1[N+](=O)[O-]. The molecular formula is C11H17N4O3+. The van der Waals surface area contributed by atoms with Gasteiger partial charge in [0.1, 0.15) is 5.69 Å². The molecule has 4 N–H and O–H groups in total. The van der Waals surface area contributed by atoms with E-state index in [-0.39, 0.29) is 11.3 Å². The Morgan fingerprint density at radius 1 is 1.50 bits per heavy atom. The minimum absolute atomic E-state index is 0.130. The van der Waals surface area contributed by atoms with Gasteiger partial charge >= 0.3 is 0 Å². The van der Waals surface area contributed by atoms with Crippen molar-refractivity contribution in [2.24, 2.45) is 5.73 Å². The Hall–Kier alpha value is -2.15. The molecule has 0 heterocycles. The number of nitro groups is 1. The minimum Gasteiger partial charge on any atom is -0.374 e. The van der Waals surface area contributed by atoms with Crippen LogP contribution >= 0.6 is 0 Å². The van der Waals surface area contributed by atoms with Crippen LogP contribution in [0.3, 0.4) is 0 Å². The average molecular weight is 253 g/mol. The summed E-state index contributed by atoms with van der Waals surface area (Å²) in [7, 11) is 3.98. The lowest BCUT2D eigenvalue weighted by Gasteiger charge is -2.10. The summed E-state index contributed by atoms with van der Waals surface area (Å²) in [5.74, 6) is -0.678. The van der Waals surface area contributed by atoms with E-state index in [0.29, 0.717) is 12.2 Å². The van der Waals surface area contributed by atoms with Crippen molar-refractivity contribution in [3.05, 3.63) is 33.9 Å². The molecule has 0 aromatic heterocycles. The van der Waals surface area contributed by atoms with Crippen molar-refractivity contribution < 1.29 is 14.6 Å². The fraction of sp³-hybridized carbons (Fsp3) is 0.364. The summed E-state index contributed by atoms with van der Waals surface area (Å²) in [6, 6.07) is 4.16. The zero-order valence-corrected chi connectivity index (χ0v) is 10.4. The number of hydrogen-bond donors (Lipinski definition) is 3. The number of likely N-dealkylation sites (N-methyl/N-ethyl adjacent to an activating group) is 1. The first kappa shape index (κ1) is 13.9. The van der Waals surface area contributed by atoms with Crippen LogP contribution < -0.4 is 16.0 Å². The molecule has 0 saturated heterocycles. The van der Waals surface area contributed by atoms with Gasteiger partial charge in [-0.05, 0) is 12.1 Å². The maximum atomic E-state index is 11.0. The molecule has 0 radical (unpaired) electrons. The highest BCUT2D eigenvalue weighted by atomic mass is 16.6. The number of nitrogens with zero attached hydrogens (tertiary/aromatic N) is 1. The van der Waals surface area contributed by atoms with E-state index in [4.69, 9.17) is 5.73 Å². The predicted molar refractivity (Wildman–Crippen MR) is 67.8 cm³/mol. The van der Waals surface area contributed by atoms with Crippen LogP contribution in [-0.2, 0) is 0 Å². The van der Waals surface area contributed by atoms with Gasteiger partial charge in [0.05, 0.1) is 32.1 Å². The molecule has 0 aliphatic rings. The van der Waals surface area contributed by atoms with Crippen LogP contribution in [0.15, 0.2) is 18.2 Å². The molecule has 0 bridgehead atoms. The molecule has 0 spiro atoms. The van der Waals surface area contributed by atoms with Gasteiger partial charge in [-0.3, -0.25) is 14.9 Å². The van der Waals surface area contributed by atoms with Crippen LogP contribution in [0.2, 0.25) is 0 Å². The van der Waals surface area contributed by atoms with Crippen molar-refractivity contribution in [2.75, 3.05) is 32.5 Å². The number of nitrogens with one attached hydrogen (secondary N) is 2. The Balaban J connectivity index is 2.90. The van der Waals surface area contributed by atoms with E-state index in [2.05, 4.69) is 5.32 Å².